The van der Waals surface area contributed by atoms with Crippen LogP contribution in [0.5, 0.6) is 0 Å². The summed E-state index contributed by atoms with van der Waals surface area (Å²) in [5, 5.41) is 7.22. The van der Waals surface area contributed by atoms with Crippen molar-refractivity contribution in [1.29, 1.82) is 0 Å². The van der Waals surface area contributed by atoms with E-state index in [2.05, 4.69) is 26.3 Å². The molecule has 100 valence electrons. The van der Waals surface area contributed by atoms with E-state index in [4.69, 9.17) is 4.74 Å². The van der Waals surface area contributed by atoms with Gasteiger partial charge < -0.3 is 10.1 Å². The molecule has 0 aliphatic heterocycles. The molecule has 1 saturated carbocycles. The Hall–Kier alpha value is -0.880. The maximum Gasteiger partial charge on any atom is 0.283 e. The molecule has 1 fully saturated rings. The molecule has 6 heteroatoms. The lowest BCUT2D eigenvalue weighted by atomic mass is 10.4. The fourth-order valence-electron chi connectivity index (χ4n) is 1.61. The second kappa shape index (κ2) is 6.33. The molecule has 1 aromatic heterocycles. The summed E-state index contributed by atoms with van der Waals surface area (Å²) in [5.41, 5.74) is 0.612. The lowest BCUT2D eigenvalue weighted by Gasteiger charge is -2.09. The number of nitrogens with one attached hydrogen (secondary N) is 1. The van der Waals surface area contributed by atoms with Gasteiger partial charge in [0.1, 0.15) is 4.47 Å². The molecule has 1 aliphatic carbocycles. The second-order valence-electron chi connectivity index (χ2n) is 4.44. The van der Waals surface area contributed by atoms with Gasteiger partial charge in [-0.3, -0.25) is 4.79 Å². The molecule has 0 saturated heterocycles. The molecule has 0 unspecified atom stereocenters. The van der Waals surface area contributed by atoms with Crippen LogP contribution >= 0.6 is 15.9 Å². The van der Waals surface area contributed by atoms with Crippen LogP contribution in [-0.2, 0) is 11.3 Å². The topological polar surface area (TPSA) is 56.1 Å². The Balaban J connectivity index is 1.81. The zero-order valence-electron chi connectivity index (χ0n) is 10.5. The van der Waals surface area contributed by atoms with Gasteiger partial charge in [0, 0.05) is 19.7 Å². The SMILES string of the molecule is CCn1ncc(NCCOCC2CC2)c(Br)c1=O. The first-order valence-electron chi connectivity index (χ1n) is 6.29. The molecular weight excluding hydrogens is 298 g/mol. The van der Waals surface area contributed by atoms with Crippen LogP contribution in [0.4, 0.5) is 5.69 Å². The first kappa shape index (κ1) is 13.5. The van der Waals surface area contributed by atoms with Crippen LogP contribution in [0.2, 0.25) is 0 Å². The molecule has 18 heavy (non-hydrogen) atoms. The predicted octanol–water partition coefficient (Wildman–Crippen LogP) is 1.86. The van der Waals surface area contributed by atoms with Crippen molar-refractivity contribution in [1.82, 2.24) is 9.78 Å². The van der Waals surface area contributed by atoms with Crippen molar-refractivity contribution in [3.05, 3.63) is 21.0 Å². The van der Waals surface area contributed by atoms with Gasteiger partial charge >= 0.3 is 0 Å². The molecule has 0 aromatic carbocycles. The van der Waals surface area contributed by atoms with E-state index < -0.39 is 0 Å². The van der Waals surface area contributed by atoms with E-state index >= 15 is 0 Å². The van der Waals surface area contributed by atoms with Gasteiger partial charge in [-0.15, -0.1) is 0 Å². The van der Waals surface area contributed by atoms with Crippen LogP contribution in [0.3, 0.4) is 0 Å². The number of anilines is 1. The molecule has 0 amide bonds. The summed E-state index contributed by atoms with van der Waals surface area (Å²) < 4.78 is 7.46. The van der Waals surface area contributed by atoms with E-state index in [0.29, 0.717) is 24.2 Å². The molecule has 1 aliphatic rings. The van der Waals surface area contributed by atoms with Crippen LogP contribution in [0.25, 0.3) is 0 Å². The summed E-state index contributed by atoms with van der Waals surface area (Å²) in [6.45, 7) is 4.66. The van der Waals surface area contributed by atoms with Gasteiger partial charge in [0.15, 0.2) is 0 Å². The molecule has 1 aromatic rings. The number of rotatable bonds is 7. The second-order valence-corrected chi connectivity index (χ2v) is 5.23. The van der Waals surface area contributed by atoms with E-state index in [-0.39, 0.29) is 5.56 Å². The highest BCUT2D eigenvalue weighted by molar-refractivity contribution is 9.10. The number of halogens is 1. The third kappa shape index (κ3) is 3.55. The van der Waals surface area contributed by atoms with Gasteiger partial charge in [0.05, 0.1) is 18.5 Å². The number of aromatic nitrogens is 2. The Morgan fingerprint density at radius 3 is 3.06 bits per heavy atom. The minimum Gasteiger partial charge on any atom is -0.380 e. The summed E-state index contributed by atoms with van der Waals surface area (Å²) in [6.07, 6.45) is 4.27. The fourth-order valence-corrected chi connectivity index (χ4v) is 2.05. The molecule has 0 atom stereocenters. The van der Waals surface area contributed by atoms with E-state index in [1.165, 1.54) is 17.5 Å². The van der Waals surface area contributed by atoms with Crippen LogP contribution in [0, 0.1) is 5.92 Å². The third-order valence-corrected chi connectivity index (χ3v) is 3.66. The molecule has 0 radical (unpaired) electrons. The Kier molecular flexibility index (Phi) is 4.77. The van der Waals surface area contributed by atoms with Crippen molar-refractivity contribution in [2.45, 2.75) is 26.3 Å². The van der Waals surface area contributed by atoms with Gasteiger partial charge in [0.25, 0.3) is 5.56 Å². The average molecular weight is 316 g/mol. The first-order valence-corrected chi connectivity index (χ1v) is 7.09. The van der Waals surface area contributed by atoms with Crippen molar-refractivity contribution in [2.75, 3.05) is 25.1 Å². The van der Waals surface area contributed by atoms with Crippen LogP contribution in [0.1, 0.15) is 19.8 Å². The fraction of sp³-hybridized carbons (Fsp3) is 0.667. The summed E-state index contributed by atoms with van der Waals surface area (Å²) in [5.74, 6) is 0.784. The lowest BCUT2D eigenvalue weighted by Crippen LogP contribution is -2.24. The highest BCUT2D eigenvalue weighted by Crippen LogP contribution is 2.28. The first-order chi connectivity index (χ1) is 8.72. The minimum atomic E-state index is -0.110. The maximum absolute atomic E-state index is 11.8. The molecule has 0 bridgehead atoms. The smallest absolute Gasteiger partial charge is 0.283 e. The van der Waals surface area contributed by atoms with Gasteiger partial charge in [-0.2, -0.15) is 5.10 Å². The van der Waals surface area contributed by atoms with Gasteiger partial charge in [0.2, 0.25) is 0 Å². The van der Waals surface area contributed by atoms with Gasteiger partial charge in [-0.1, -0.05) is 0 Å². The van der Waals surface area contributed by atoms with Crippen molar-refractivity contribution < 1.29 is 4.74 Å². The van der Waals surface area contributed by atoms with Crippen molar-refractivity contribution >= 4 is 21.6 Å². The molecule has 2 rings (SSSR count). The van der Waals surface area contributed by atoms with Gasteiger partial charge in [-0.05, 0) is 41.6 Å². The molecule has 1 N–H and O–H groups in total. The third-order valence-electron chi connectivity index (χ3n) is 2.90. The Labute approximate surface area is 115 Å². The van der Waals surface area contributed by atoms with Gasteiger partial charge in [-0.25, -0.2) is 4.68 Å². The average Bonchev–Trinajstić information content (AvgIpc) is 3.18. The van der Waals surface area contributed by atoms with E-state index in [1.807, 2.05) is 6.92 Å². The number of hydrogen-bond acceptors (Lipinski definition) is 4. The normalized spacial score (nSPS) is 14.8. The standard InChI is InChI=1S/C12H18BrN3O2/c1-2-16-12(17)11(13)10(7-15-16)14-5-6-18-8-9-3-4-9/h7,9,14H,2-6,8H2,1H3. The number of hydrogen-bond donors (Lipinski definition) is 1. The number of ether oxygens (including phenoxy) is 1. The zero-order chi connectivity index (χ0) is 13.0. The van der Waals surface area contributed by atoms with Crippen LogP contribution < -0.4 is 10.9 Å². The van der Waals surface area contributed by atoms with Crippen LogP contribution in [0.15, 0.2) is 15.5 Å². The van der Waals surface area contributed by atoms with Crippen molar-refractivity contribution in [3.63, 3.8) is 0 Å². The highest BCUT2D eigenvalue weighted by Gasteiger charge is 2.20. The summed E-state index contributed by atoms with van der Waals surface area (Å²) in [4.78, 5) is 11.8. The molecule has 5 nitrogen and oxygen atoms in total. The summed E-state index contributed by atoms with van der Waals surface area (Å²) in [7, 11) is 0. The minimum absolute atomic E-state index is 0.110. The van der Waals surface area contributed by atoms with E-state index in [0.717, 1.165) is 18.2 Å². The number of nitrogens with zero attached hydrogens (tertiary/aromatic N) is 2. The zero-order valence-corrected chi connectivity index (χ0v) is 12.1. The van der Waals surface area contributed by atoms with E-state index in [1.54, 1.807) is 6.20 Å². The predicted molar refractivity (Wildman–Crippen MR) is 73.9 cm³/mol. The largest absolute Gasteiger partial charge is 0.380 e. The molecule has 1 heterocycles. The number of aryl methyl sites for hydroxylation is 1. The van der Waals surface area contributed by atoms with Crippen LogP contribution in [-0.4, -0.2) is 29.5 Å². The Bertz CT molecular complexity index is 457. The Morgan fingerprint density at radius 1 is 1.61 bits per heavy atom. The van der Waals surface area contributed by atoms with Crippen molar-refractivity contribution in [2.24, 2.45) is 5.92 Å². The monoisotopic (exact) mass is 315 g/mol. The molecular formula is C12H18BrN3O2. The lowest BCUT2D eigenvalue weighted by molar-refractivity contribution is 0.134. The maximum atomic E-state index is 11.8. The Morgan fingerprint density at radius 2 is 2.39 bits per heavy atom. The van der Waals surface area contributed by atoms with Crippen molar-refractivity contribution in [3.8, 4) is 0 Å². The summed E-state index contributed by atoms with van der Waals surface area (Å²) in [6, 6.07) is 0. The molecule has 0 spiro atoms. The van der Waals surface area contributed by atoms with E-state index in [9.17, 15) is 4.79 Å². The summed E-state index contributed by atoms with van der Waals surface area (Å²) >= 11 is 3.30. The highest BCUT2D eigenvalue weighted by atomic mass is 79.9. The quantitative estimate of drug-likeness (QED) is 0.780.